The average molecular weight is 290 g/mol. The lowest BCUT2D eigenvalue weighted by Crippen LogP contribution is -2.09. The maximum absolute atomic E-state index is 11.9. The third-order valence-corrected chi connectivity index (χ3v) is 2.91. The van der Waals surface area contributed by atoms with E-state index in [0.29, 0.717) is 5.75 Å². The Balaban J connectivity index is 2.06. The molecule has 7 heteroatoms. The van der Waals surface area contributed by atoms with Gasteiger partial charge in [0.15, 0.2) is 0 Å². The van der Waals surface area contributed by atoms with Crippen molar-refractivity contribution in [3.05, 3.63) is 57.9 Å². The maximum Gasteiger partial charge on any atom is 0.355 e. The number of hydrogen-bond donors (Lipinski definition) is 0. The van der Waals surface area contributed by atoms with Crippen LogP contribution >= 0.6 is 0 Å². The number of benzene rings is 1. The first kappa shape index (κ1) is 14.6. The summed E-state index contributed by atoms with van der Waals surface area (Å²) in [6.07, 6.45) is 1.27. The minimum Gasteiger partial charge on any atom is -0.497 e. The van der Waals surface area contributed by atoms with Gasteiger partial charge in [-0.2, -0.15) is 0 Å². The van der Waals surface area contributed by atoms with E-state index < -0.39 is 10.9 Å². The molecule has 7 nitrogen and oxygen atoms in total. The number of methoxy groups -OCH3 is 1. The van der Waals surface area contributed by atoms with E-state index in [1.54, 1.807) is 38.4 Å². The number of nitro groups is 1. The summed E-state index contributed by atoms with van der Waals surface area (Å²) in [6.45, 7) is 0.0645. The minimum absolute atomic E-state index is 0.0645. The summed E-state index contributed by atoms with van der Waals surface area (Å²) in [7, 11) is 3.10. The molecule has 2 rings (SSSR count). The van der Waals surface area contributed by atoms with Crippen molar-refractivity contribution in [3.63, 3.8) is 0 Å². The topological polar surface area (TPSA) is 83.6 Å². The van der Waals surface area contributed by atoms with Gasteiger partial charge in [-0.1, -0.05) is 12.1 Å². The van der Waals surface area contributed by atoms with Crippen molar-refractivity contribution >= 4 is 11.7 Å². The van der Waals surface area contributed by atoms with E-state index in [1.807, 2.05) is 0 Å². The molecule has 1 aromatic heterocycles. The first-order valence-corrected chi connectivity index (χ1v) is 6.12. The van der Waals surface area contributed by atoms with Crippen LogP contribution in [0.5, 0.6) is 5.75 Å². The van der Waals surface area contributed by atoms with Crippen LogP contribution in [0, 0.1) is 10.1 Å². The standard InChI is InChI=1S/C14H14N2O5/c1-15-8-11(16(18)19)7-13(15)14(17)21-9-10-4-3-5-12(6-10)20-2/h3-8H,9H2,1-2H3. The van der Waals surface area contributed by atoms with E-state index in [4.69, 9.17) is 9.47 Å². The first-order valence-electron chi connectivity index (χ1n) is 6.12. The Morgan fingerprint density at radius 1 is 1.38 bits per heavy atom. The van der Waals surface area contributed by atoms with Crippen LogP contribution in [0.1, 0.15) is 16.1 Å². The Morgan fingerprint density at radius 2 is 2.14 bits per heavy atom. The predicted molar refractivity (Wildman–Crippen MR) is 74.2 cm³/mol. The molecule has 0 fully saturated rings. The number of nitrogens with zero attached hydrogens (tertiary/aromatic N) is 2. The molecule has 21 heavy (non-hydrogen) atoms. The molecule has 0 aliphatic carbocycles. The van der Waals surface area contributed by atoms with E-state index in [1.165, 1.54) is 16.8 Å². The van der Waals surface area contributed by atoms with Crippen LogP contribution in [0.3, 0.4) is 0 Å². The molecule has 0 saturated carbocycles. The Hall–Kier alpha value is -2.83. The molecule has 0 radical (unpaired) electrons. The van der Waals surface area contributed by atoms with Gasteiger partial charge in [0.2, 0.25) is 0 Å². The second kappa shape index (κ2) is 6.08. The molecule has 0 amide bonds. The largest absolute Gasteiger partial charge is 0.497 e. The molecule has 0 atom stereocenters. The zero-order valence-electron chi connectivity index (χ0n) is 11.6. The summed E-state index contributed by atoms with van der Waals surface area (Å²) in [4.78, 5) is 22.0. The van der Waals surface area contributed by atoms with E-state index in [9.17, 15) is 14.9 Å². The van der Waals surface area contributed by atoms with Crippen LogP contribution in [0.25, 0.3) is 0 Å². The van der Waals surface area contributed by atoms with Crippen molar-refractivity contribution < 1.29 is 19.2 Å². The van der Waals surface area contributed by atoms with Gasteiger partial charge in [-0.3, -0.25) is 10.1 Å². The number of rotatable bonds is 5. The smallest absolute Gasteiger partial charge is 0.355 e. The van der Waals surface area contributed by atoms with E-state index in [-0.39, 0.29) is 18.0 Å². The van der Waals surface area contributed by atoms with Gasteiger partial charge in [0.05, 0.1) is 18.2 Å². The highest BCUT2D eigenvalue weighted by molar-refractivity contribution is 5.88. The predicted octanol–water partition coefficient (Wildman–Crippen LogP) is 2.30. The number of ether oxygens (including phenoxy) is 2. The first-order chi connectivity index (χ1) is 10.0. The quantitative estimate of drug-likeness (QED) is 0.479. The van der Waals surface area contributed by atoms with Gasteiger partial charge in [0, 0.05) is 13.1 Å². The molecule has 2 aromatic rings. The maximum atomic E-state index is 11.9. The van der Waals surface area contributed by atoms with E-state index in [0.717, 1.165) is 5.56 Å². The molecule has 0 saturated heterocycles. The van der Waals surface area contributed by atoms with Crippen LogP contribution in [-0.2, 0) is 18.4 Å². The monoisotopic (exact) mass is 290 g/mol. The number of esters is 1. The normalized spacial score (nSPS) is 10.2. The molecule has 0 N–H and O–H groups in total. The van der Waals surface area contributed by atoms with Crippen LogP contribution in [0.4, 0.5) is 5.69 Å². The van der Waals surface area contributed by atoms with E-state index in [2.05, 4.69) is 0 Å². The van der Waals surface area contributed by atoms with Crippen LogP contribution < -0.4 is 4.74 Å². The van der Waals surface area contributed by atoms with Crippen LogP contribution in [0.2, 0.25) is 0 Å². The van der Waals surface area contributed by atoms with Gasteiger partial charge >= 0.3 is 5.97 Å². The fraction of sp³-hybridized carbons (Fsp3) is 0.214. The summed E-state index contributed by atoms with van der Waals surface area (Å²) in [5.41, 5.74) is 0.752. The van der Waals surface area contributed by atoms with E-state index >= 15 is 0 Å². The van der Waals surface area contributed by atoms with Crippen molar-refractivity contribution in [2.24, 2.45) is 7.05 Å². The molecule has 110 valence electrons. The van der Waals surface area contributed by atoms with Crippen LogP contribution in [0.15, 0.2) is 36.5 Å². The van der Waals surface area contributed by atoms with Gasteiger partial charge in [0.1, 0.15) is 18.1 Å². The number of hydrogen-bond acceptors (Lipinski definition) is 5. The molecule has 0 unspecified atom stereocenters. The fourth-order valence-corrected chi connectivity index (χ4v) is 1.83. The third kappa shape index (κ3) is 3.38. The third-order valence-electron chi connectivity index (χ3n) is 2.91. The average Bonchev–Trinajstić information content (AvgIpc) is 2.87. The molecule has 1 heterocycles. The lowest BCUT2D eigenvalue weighted by molar-refractivity contribution is -0.384. The lowest BCUT2D eigenvalue weighted by atomic mass is 10.2. The fourth-order valence-electron chi connectivity index (χ4n) is 1.83. The highest BCUT2D eigenvalue weighted by Crippen LogP contribution is 2.17. The van der Waals surface area contributed by atoms with Gasteiger partial charge in [-0.05, 0) is 17.7 Å². The Labute approximate surface area is 120 Å². The highest BCUT2D eigenvalue weighted by atomic mass is 16.6. The zero-order chi connectivity index (χ0) is 15.4. The molecule has 1 aromatic carbocycles. The van der Waals surface area contributed by atoms with Crippen molar-refractivity contribution in [3.8, 4) is 5.75 Å². The Morgan fingerprint density at radius 3 is 2.76 bits per heavy atom. The molecule has 0 aliphatic heterocycles. The van der Waals surface area contributed by atoms with Crippen LogP contribution in [-0.4, -0.2) is 22.6 Å². The number of aromatic nitrogens is 1. The highest BCUT2D eigenvalue weighted by Gasteiger charge is 2.18. The van der Waals surface area contributed by atoms with Gasteiger partial charge < -0.3 is 14.0 Å². The number of carbonyl (C=O) groups excluding carboxylic acids is 1. The second-order valence-corrected chi connectivity index (χ2v) is 4.38. The second-order valence-electron chi connectivity index (χ2n) is 4.38. The molecule has 0 spiro atoms. The van der Waals surface area contributed by atoms with Gasteiger partial charge in [-0.15, -0.1) is 0 Å². The number of carbonyl (C=O) groups is 1. The van der Waals surface area contributed by atoms with Gasteiger partial charge in [-0.25, -0.2) is 4.79 Å². The van der Waals surface area contributed by atoms with Crippen molar-refractivity contribution in [2.45, 2.75) is 6.61 Å². The Bertz CT molecular complexity index is 678. The summed E-state index contributed by atoms with van der Waals surface area (Å²) < 4.78 is 11.6. The van der Waals surface area contributed by atoms with Gasteiger partial charge in [0.25, 0.3) is 5.69 Å². The van der Waals surface area contributed by atoms with Crippen molar-refractivity contribution in [1.29, 1.82) is 0 Å². The summed E-state index contributed by atoms with van der Waals surface area (Å²) in [5, 5.41) is 10.7. The van der Waals surface area contributed by atoms with Crippen molar-refractivity contribution in [1.82, 2.24) is 4.57 Å². The minimum atomic E-state index is -0.617. The molecule has 0 aliphatic rings. The summed E-state index contributed by atoms with van der Waals surface area (Å²) >= 11 is 0. The molecular weight excluding hydrogens is 276 g/mol. The summed E-state index contributed by atoms with van der Waals surface area (Å²) in [5.74, 6) is 0.0477. The molecular formula is C14H14N2O5. The molecule has 0 bridgehead atoms. The lowest BCUT2D eigenvalue weighted by Gasteiger charge is -2.06. The SMILES string of the molecule is COc1cccc(COC(=O)c2cc([N+](=O)[O-])cn2C)c1. The van der Waals surface area contributed by atoms with Crippen molar-refractivity contribution in [2.75, 3.05) is 7.11 Å². The Kier molecular flexibility index (Phi) is 4.22. The zero-order valence-corrected chi connectivity index (χ0v) is 11.6. The summed E-state index contributed by atoms with van der Waals surface area (Å²) in [6, 6.07) is 8.30. The number of aryl methyl sites for hydroxylation is 1.